The van der Waals surface area contributed by atoms with Gasteiger partial charge in [0, 0.05) is 31.5 Å². The molecule has 1 N–H and O–H groups in total. The molecule has 3 aromatic rings. The third-order valence-electron chi connectivity index (χ3n) is 6.23. The Morgan fingerprint density at radius 2 is 1.73 bits per heavy atom. The van der Waals surface area contributed by atoms with E-state index >= 15 is 0 Å². The van der Waals surface area contributed by atoms with Crippen molar-refractivity contribution in [3.05, 3.63) is 71.8 Å². The Labute approximate surface area is 196 Å². The molecule has 0 aliphatic carbocycles. The van der Waals surface area contributed by atoms with Crippen molar-refractivity contribution < 1.29 is 14.3 Å². The molecule has 0 bridgehead atoms. The lowest BCUT2D eigenvalue weighted by Gasteiger charge is -2.39. The van der Waals surface area contributed by atoms with Crippen LogP contribution in [0.5, 0.6) is 5.75 Å². The summed E-state index contributed by atoms with van der Waals surface area (Å²) >= 11 is 0. The van der Waals surface area contributed by atoms with Crippen LogP contribution < -0.4 is 10.1 Å². The smallest absolute Gasteiger partial charge is 0.257 e. The Bertz CT molecular complexity index is 1080. The van der Waals surface area contributed by atoms with Gasteiger partial charge in [-0.25, -0.2) is 0 Å². The first-order valence-electron chi connectivity index (χ1n) is 12.0. The zero-order chi connectivity index (χ0) is 23.0. The second-order valence-electron chi connectivity index (χ2n) is 8.54. The second-order valence-corrected chi connectivity index (χ2v) is 8.54. The number of nitrogens with one attached hydrogen (secondary N) is 1. The van der Waals surface area contributed by atoms with Crippen molar-refractivity contribution in [3.8, 4) is 5.75 Å². The molecule has 1 heterocycles. The Morgan fingerprint density at radius 3 is 2.58 bits per heavy atom. The first kappa shape index (κ1) is 23.1. The van der Waals surface area contributed by atoms with E-state index in [1.54, 1.807) is 7.11 Å². The van der Waals surface area contributed by atoms with Crippen molar-refractivity contribution in [2.75, 3.05) is 32.2 Å². The molecule has 1 atom stereocenters. The predicted molar refractivity (Wildman–Crippen MR) is 134 cm³/mol. The molecule has 1 aliphatic rings. The number of methoxy groups -OCH3 is 1. The summed E-state index contributed by atoms with van der Waals surface area (Å²) in [5, 5.41) is 5.89. The van der Waals surface area contributed by atoms with Crippen LogP contribution in [0.3, 0.4) is 0 Å². The van der Waals surface area contributed by atoms with Crippen molar-refractivity contribution in [3.63, 3.8) is 0 Å². The molecule has 1 amide bonds. The number of nitrogens with zero attached hydrogens (tertiary/aromatic N) is 1. The summed E-state index contributed by atoms with van der Waals surface area (Å²) in [5.41, 5.74) is 2.58. The van der Waals surface area contributed by atoms with E-state index in [9.17, 15) is 4.79 Å². The Morgan fingerprint density at radius 1 is 0.909 bits per heavy atom. The number of rotatable bonds is 11. The van der Waals surface area contributed by atoms with Gasteiger partial charge in [0.2, 0.25) is 0 Å². The number of carbonyl (C=O) groups excluding carboxylic acids is 1. The van der Waals surface area contributed by atoms with Crippen LogP contribution in [0.25, 0.3) is 10.8 Å². The Hall–Kier alpha value is -3.05. The lowest BCUT2D eigenvalue weighted by atomic mass is 9.97. The molecule has 0 radical (unpaired) electrons. The number of carbonyl (C=O) groups is 1. The lowest BCUT2D eigenvalue weighted by Crippen LogP contribution is -2.44. The number of anilines is 1. The van der Waals surface area contributed by atoms with E-state index in [1.807, 2.05) is 41.3 Å². The van der Waals surface area contributed by atoms with Crippen molar-refractivity contribution in [2.45, 2.75) is 45.2 Å². The minimum Gasteiger partial charge on any atom is -0.493 e. The fraction of sp³-hybridized carbons (Fsp3) is 0.393. The van der Waals surface area contributed by atoms with E-state index in [1.165, 1.54) is 12.8 Å². The maximum atomic E-state index is 13.6. The molecule has 0 saturated heterocycles. The fourth-order valence-corrected chi connectivity index (χ4v) is 4.53. The maximum Gasteiger partial charge on any atom is 0.257 e. The Balaban J connectivity index is 1.74. The number of amides is 1. The summed E-state index contributed by atoms with van der Waals surface area (Å²) in [5.74, 6) is 0.874. The molecular weight excluding hydrogens is 412 g/mol. The van der Waals surface area contributed by atoms with Gasteiger partial charge in [-0.3, -0.25) is 4.79 Å². The molecule has 0 fully saturated rings. The molecule has 174 valence electrons. The third kappa shape index (κ3) is 5.14. The fourth-order valence-electron chi connectivity index (χ4n) is 4.53. The van der Waals surface area contributed by atoms with Crippen LogP contribution in [0.4, 0.5) is 5.69 Å². The molecule has 0 saturated carbocycles. The summed E-state index contributed by atoms with van der Waals surface area (Å²) in [6.45, 7) is 4.09. The number of fused-ring (bicyclic) bond motifs is 2. The van der Waals surface area contributed by atoms with E-state index in [2.05, 4.69) is 36.5 Å². The van der Waals surface area contributed by atoms with Gasteiger partial charge in [0.1, 0.15) is 11.9 Å². The van der Waals surface area contributed by atoms with E-state index < -0.39 is 0 Å². The highest BCUT2D eigenvalue weighted by molar-refractivity contribution is 6.02. The van der Waals surface area contributed by atoms with Crippen LogP contribution in [0, 0.1) is 0 Å². The highest BCUT2D eigenvalue weighted by atomic mass is 16.5. The lowest BCUT2D eigenvalue weighted by molar-refractivity contribution is 0.0659. The molecule has 1 aliphatic heterocycles. The minimum atomic E-state index is -0.319. The van der Waals surface area contributed by atoms with Gasteiger partial charge in [-0.05, 0) is 41.8 Å². The average Bonchev–Trinajstić information content (AvgIpc) is 2.85. The molecule has 1 unspecified atom stereocenters. The van der Waals surface area contributed by atoms with Gasteiger partial charge >= 0.3 is 0 Å². The summed E-state index contributed by atoms with van der Waals surface area (Å²) < 4.78 is 11.6. The van der Waals surface area contributed by atoms with Crippen LogP contribution in [-0.2, 0) is 4.74 Å². The molecule has 4 rings (SSSR count). The molecule has 33 heavy (non-hydrogen) atoms. The van der Waals surface area contributed by atoms with Crippen LogP contribution in [0.1, 0.15) is 61.1 Å². The number of unbranched alkanes of at least 4 members (excludes halogenated alkanes) is 3. The van der Waals surface area contributed by atoms with Crippen molar-refractivity contribution >= 4 is 22.4 Å². The second kappa shape index (κ2) is 11.2. The number of benzene rings is 3. The highest BCUT2D eigenvalue weighted by Gasteiger charge is 2.35. The summed E-state index contributed by atoms with van der Waals surface area (Å²) in [4.78, 5) is 15.5. The van der Waals surface area contributed by atoms with Crippen molar-refractivity contribution in [1.82, 2.24) is 4.90 Å². The van der Waals surface area contributed by atoms with Gasteiger partial charge in [-0.2, -0.15) is 0 Å². The average molecular weight is 447 g/mol. The molecule has 5 nitrogen and oxygen atoms in total. The SMILES string of the molecule is CCCCCCOc1ccc2ccccc2c1C1Nc2ccccc2C(=O)N1CCCOC. The number of ether oxygens (including phenoxy) is 2. The first-order chi connectivity index (χ1) is 16.2. The Kier molecular flexibility index (Phi) is 7.84. The number of hydrogen-bond acceptors (Lipinski definition) is 4. The number of hydrogen-bond donors (Lipinski definition) is 1. The highest BCUT2D eigenvalue weighted by Crippen LogP contribution is 2.40. The topological polar surface area (TPSA) is 50.8 Å². The van der Waals surface area contributed by atoms with Crippen LogP contribution in [0.2, 0.25) is 0 Å². The van der Waals surface area contributed by atoms with E-state index in [0.717, 1.165) is 47.0 Å². The van der Waals surface area contributed by atoms with E-state index in [0.29, 0.717) is 25.3 Å². The van der Waals surface area contributed by atoms with Gasteiger partial charge in [-0.15, -0.1) is 0 Å². The van der Waals surface area contributed by atoms with Gasteiger partial charge in [-0.1, -0.05) is 68.7 Å². The van der Waals surface area contributed by atoms with Crippen LogP contribution in [-0.4, -0.2) is 37.7 Å². The van der Waals surface area contributed by atoms with E-state index in [4.69, 9.17) is 9.47 Å². The molecular formula is C28H34N2O3. The first-order valence-corrected chi connectivity index (χ1v) is 12.0. The van der Waals surface area contributed by atoms with Gasteiger partial charge in [0.15, 0.2) is 0 Å². The quantitative estimate of drug-likeness (QED) is 0.346. The molecule has 0 aromatic heterocycles. The molecule has 3 aromatic carbocycles. The maximum absolute atomic E-state index is 13.6. The monoisotopic (exact) mass is 446 g/mol. The van der Waals surface area contributed by atoms with E-state index in [-0.39, 0.29) is 12.1 Å². The third-order valence-corrected chi connectivity index (χ3v) is 6.23. The molecule has 5 heteroatoms. The van der Waals surface area contributed by atoms with Gasteiger partial charge < -0.3 is 19.7 Å². The predicted octanol–water partition coefficient (Wildman–Crippen LogP) is 6.40. The minimum absolute atomic E-state index is 0.0345. The summed E-state index contributed by atoms with van der Waals surface area (Å²) in [6.07, 6.45) is 5.05. The van der Waals surface area contributed by atoms with Crippen LogP contribution >= 0.6 is 0 Å². The van der Waals surface area contributed by atoms with Gasteiger partial charge in [0.05, 0.1) is 12.2 Å². The summed E-state index contributed by atoms with van der Waals surface area (Å²) in [6, 6.07) is 20.2. The van der Waals surface area contributed by atoms with Gasteiger partial charge in [0.25, 0.3) is 5.91 Å². The summed E-state index contributed by atoms with van der Waals surface area (Å²) in [7, 11) is 1.69. The largest absolute Gasteiger partial charge is 0.493 e. The number of para-hydroxylation sites is 1. The standard InChI is InChI=1S/C28H34N2O3/c1-3-4-5-10-20-33-25-17-16-21-12-6-7-13-22(21)26(25)27-29-24-15-9-8-14-23(24)28(31)30(27)18-11-19-32-2/h6-9,12-17,27,29H,3-5,10-11,18-20H2,1-2H3. The van der Waals surface area contributed by atoms with Crippen LogP contribution in [0.15, 0.2) is 60.7 Å². The zero-order valence-electron chi connectivity index (χ0n) is 19.7. The normalized spacial score (nSPS) is 15.4. The van der Waals surface area contributed by atoms with Crippen molar-refractivity contribution in [2.24, 2.45) is 0 Å². The molecule has 0 spiro atoms. The van der Waals surface area contributed by atoms with Crippen molar-refractivity contribution in [1.29, 1.82) is 0 Å². The zero-order valence-corrected chi connectivity index (χ0v) is 19.7.